The van der Waals surface area contributed by atoms with Gasteiger partial charge in [0, 0.05) is 40.6 Å². The molecule has 0 spiro atoms. The summed E-state index contributed by atoms with van der Waals surface area (Å²) in [5.41, 5.74) is 0.894. The normalized spacial score (nSPS) is 14.6. The molecular weight excluding hydrogens is 250 g/mol. The van der Waals surface area contributed by atoms with Gasteiger partial charge >= 0.3 is 0 Å². The van der Waals surface area contributed by atoms with Crippen LogP contribution < -0.4 is 5.32 Å². The molecule has 0 aromatic carbocycles. The number of aryl methyl sites for hydroxylation is 1. The van der Waals surface area contributed by atoms with Gasteiger partial charge in [-0.15, -0.1) is 0 Å². The van der Waals surface area contributed by atoms with Crippen LogP contribution in [0.25, 0.3) is 5.78 Å². The third-order valence-corrected chi connectivity index (χ3v) is 4.17. The van der Waals surface area contributed by atoms with E-state index < -0.39 is 10.8 Å². The molecular formula is C11H17N5OS. The van der Waals surface area contributed by atoms with Gasteiger partial charge < -0.3 is 5.32 Å². The molecule has 2 aromatic rings. The molecule has 18 heavy (non-hydrogen) atoms. The van der Waals surface area contributed by atoms with Crippen molar-refractivity contribution in [2.45, 2.75) is 25.5 Å². The van der Waals surface area contributed by atoms with E-state index in [1.165, 1.54) is 6.33 Å². The van der Waals surface area contributed by atoms with E-state index in [4.69, 9.17) is 0 Å². The van der Waals surface area contributed by atoms with Crippen LogP contribution >= 0.6 is 0 Å². The third kappa shape index (κ3) is 2.84. The van der Waals surface area contributed by atoms with E-state index in [0.717, 1.165) is 24.5 Å². The van der Waals surface area contributed by atoms with Gasteiger partial charge in [-0.3, -0.25) is 4.21 Å². The second kappa shape index (κ2) is 5.43. The monoisotopic (exact) mass is 267 g/mol. The first-order valence-electron chi connectivity index (χ1n) is 5.81. The molecule has 7 heteroatoms. The Labute approximate surface area is 108 Å². The van der Waals surface area contributed by atoms with E-state index in [-0.39, 0.29) is 5.25 Å². The fourth-order valence-corrected chi connectivity index (χ4v) is 2.08. The van der Waals surface area contributed by atoms with Crippen molar-refractivity contribution in [1.29, 1.82) is 0 Å². The summed E-state index contributed by atoms with van der Waals surface area (Å²) in [5.74, 6) is 1.45. The zero-order valence-electron chi connectivity index (χ0n) is 10.8. The molecule has 6 nitrogen and oxygen atoms in total. The van der Waals surface area contributed by atoms with Gasteiger partial charge in [0.25, 0.3) is 5.78 Å². The number of nitrogens with zero attached hydrogens (tertiary/aromatic N) is 4. The Morgan fingerprint density at radius 3 is 3.06 bits per heavy atom. The second-order valence-electron chi connectivity index (χ2n) is 4.28. The van der Waals surface area contributed by atoms with Gasteiger partial charge in [0.1, 0.15) is 12.1 Å². The fourth-order valence-electron chi connectivity index (χ4n) is 1.63. The van der Waals surface area contributed by atoms with Gasteiger partial charge in [-0.2, -0.15) is 14.6 Å². The smallest absolute Gasteiger partial charge is 0.254 e. The Balaban J connectivity index is 2.07. The van der Waals surface area contributed by atoms with Crippen molar-refractivity contribution in [2.24, 2.45) is 0 Å². The van der Waals surface area contributed by atoms with Crippen molar-refractivity contribution >= 4 is 22.4 Å². The van der Waals surface area contributed by atoms with E-state index in [9.17, 15) is 4.21 Å². The maximum atomic E-state index is 11.3. The number of aromatic nitrogens is 4. The lowest BCUT2D eigenvalue weighted by atomic mass is 10.3. The maximum absolute atomic E-state index is 11.3. The molecule has 0 saturated heterocycles. The zero-order valence-corrected chi connectivity index (χ0v) is 11.6. The highest BCUT2D eigenvalue weighted by atomic mass is 32.2. The van der Waals surface area contributed by atoms with Crippen LogP contribution in [0.4, 0.5) is 5.82 Å². The SMILES string of the molecule is Cc1cc(NCCC(C)S(C)=O)n2ncnc2n1. The second-order valence-corrected chi connectivity index (χ2v) is 6.08. The summed E-state index contributed by atoms with van der Waals surface area (Å²) in [5, 5.41) is 7.59. The fraction of sp³-hybridized carbons (Fsp3) is 0.545. The first-order chi connectivity index (χ1) is 8.58. The van der Waals surface area contributed by atoms with Crippen molar-refractivity contribution < 1.29 is 4.21 Å². The maximum Gasteiger partial charge on any atom is 0.254 e. The quantitative estimate of drug-likeness (QED) is 0.875. The molecule has 2 rings (SSSR count). The molecule has 2 unspecified atom stereocenters. The van der Waals surface area contributed by atoms with Crippen LogP contribution in [0.5, 0.6) is 0 Å². The van der Waals surface area contributed by atoms with Gasteiger partial charge in [0.15, 0.2) is 0 Å². The summed E-state index contributed by atoms with van der Waals surface area (Å²) in [6.45, 7) is 4.66. The average Bonchev–Trinajstić information content (AvgIpc) is 2.76. The number of anilines is 1. The molecule has 1 N–H and O–H groups in total. The Kier molecular flexibility index (Phi) is 3.90. The van der Waals surface area contributed by atoms with E-state index >= 15 is 0 Å². The zero-order chi connectivity index (χ0) is 13.1. The van der Waals surface area contributed by atoms with Gasteiger partial charge in [0.05, 0.1) is 0 Å². The molecule has 0 amide bonds. The lowest BCUT2D eigenvalue weighted by molar-refractivity contribution is 0.672. The molecule has 98 valence electrons. The molecule has 2 heterocycles. The molecule has 2 aromatic heterocycles. The predicted octanol–water partition coefficient (Wildman–Crippen LogP) is 1.00. The predicted molar refractivity (Wildman–Crippen MR) is 72.2 cm³/mol. The highest BCUT2D eigenvalue weighted by Crippen LogP contribution is 2.10. The number of hydrogen-bond acceptors (Lipinski definition) is 5. The van der Waals surface area contributed by atoms with Crippen molar-refractivity contribution in [1.82, 2.24) is 19.6 Å². The van der Waals surface area contributed by atoms with Crippen molar-refractivity contribution in [3.05, 3.63) is 18.1 Å². The van der Waals surface area contributed by atoms with E-state index in [1.807, 2.05) is 19.9 Å². The summed E-state index contributed by atoms with van der Waals surface area (Å²) < 4.78 is 12.9. The first kappa shape index (κ1) is 12.9. The molecule has 0 fully saturated rings. The first-order valence-corrected chi connectivity index (χ1v) is 7.43. The van der Waals surface area contributed by atoms with Crippen molar-refractivity contribution in [3.63, 3.8) is 0 Å². The minimum Gasteiger partial charge on any atom is -0.370 e. The summed E-state index contributed by atoms with van der Waals surface area (Å²) >= 11 is 0. The Morgan fingerprint density at radius 2 is 2.33 bits per heavy atom. The number of nitrogens with one attached hydrogen (secondary N) is 1. The van der Waals surface area contributed by atoms with E-state index in [0.29, 0.717) is 5.78 Å². The Hall–Kier alpha value is -1.50. The molecule has 2 atom stereocenters. The Bertz CT molecular complexity index is 568. The summed E-state index contributed by atoms with van der Waals surface area (Å²) in [4.78, 5) is 8.33. The van der Waals surface area contributed by atoms with Gasteiger partial charge in [-0.25, -0.2) is 4.98 Å². The summed E-state index contributed by atoms with van der Waals surface area (Å²) in [6, 6.07) is 1.93. The molecule has 0 aliphatic heterocycles. The lowest BCUT2D eigenvalue weighted by Crippen LogP contribution is -2.16. The number of rotatable bonds is 5. The van der Waals surface area contributed by atoms with Crippen molar-refractivity contribution in [3.8, 4) is 0 Å². The summed E-state index contributed by atoms with van der Waals surface area (Å²) in [6.07, 6.45) is 4.06. The topological polar surface area (TPSA) is 72.2 Å². The van der Waals surface area contributed by atoms with Crippen LogP contribution in [0.15, 0.2) is 12.4 Å². The third-order valence-electron chi connectivity index (χ3n) is 2.80. The van der Waals surface area contributed by atoms with Gasteiger partial charge in [-0.05, 0) is 13.3 Å². The molecule has 0 radical (unpaired) electrons. The van der Waals surface area contributed by atoms with Crippen LogP contribution in [0, 0.1) is 6.92 Å². The van der Waals surface area contributed by atoms with Gasteiger partial charge in [-0.1, -0.05) is 6.92 Å². The minimum atomic E-state index is -0.779. The van der Waals surface area contributed by atoms with Crippen LogP contribution in [0.2, 0.25) is 0 Å². The molecule has 0 aliphatic carbocycles. The molecule has 0 aliphatic rings. The van der Waals surface area contributed by atoms with Crippen LogP contribution in [-0.4, -0.2) is 41.8 Å². The standard InChI is InChI=1S/C11H17N5OS/c1-8-6-10(12-5-4-9(2)18(3)17)16-11(15-8)13-7-14-16/h6-7,9,12H,4-5H2,1-3H3. The molecule has 0 saturated carbocycles. The van der Waals surface area contributed by atoms with E-state index in [2.05, 4.69) is 20.4 Å². The van der Waals surface area contributed by atoms with Crippen molar-refractivity contribution in [2.75, 3.05) is 18.1 Å². The highest BCUT2D eigenvalue weighted by Gasteiger charge is 2.08. The van der Waals surface area contributed by atoms with Crippen LogP contribution in [-0.2, 0) is 10.8 Å². The summed E-state index contributed by atoms with van der Waals surface area (Å²) in [7, 11) is -0.779. The Morgan fingerprint density at radius 1 is 1.56 bits per heavy atom. The number of hydrogen-bond donors (Lipinski definition) is 1. The minimum absolute atomic E-state index is 0.187. The van der Waals surface area contributed by atoms with Crippen LogP contribution in [0.1, 0.15) is 19.0 Å². The lowest BCUT2D eigenvalue weighted by Gasteiger charge is -2.11. The van der Waals surface area contributed by atoms with Gasteiger partial charge in [0.2, 0.25) is 0 Å². The van der Waals surface area contributed by atoms with E-state index in [1.54, 1.807) is 10.8 Å². The molecule has 0 bridgehead atoms. The average molecular weight is 267 g/mol. The number of fused-ring (bicyclic) bond motifs is 1. The largest absolute Gasteiger partial charge is 0.370 e. The highest BCUT2D eigenvalue weighted by molar-refractivity contribution is 7.84. The van der Waals surface area contributed by atoms with Crippen LogP contribution in [0.3, 0.4) is 0 Å².